The SMILES string of the molecule is CCN1CCC[C@@H]1CNC(=O)C1=C(C(=O)Nc2ccc(CC(=O)c3ccc(F)cc3Cl)cc2)CC=N1. The molecule has 0 bridgehead atoms. The number of carbonyl (C=O) groups excluding carboxylic acids is 3. The van der Waals surface area contributed by atoms with Crippen molar-refractivity contribution >= 4 is 41.1 Å². The largest absolute Gasteiger partial charge is 0.349 e. The van der Waals surface area contributed by atoms with Gasteiger partial charge in [-0.05, 0) is 61.8 Å². The van der Waals surface area contributed by atoms with Gasteiger partial charge in [0.25, 0.3) is 11.8 Å². The lowest BCUT2D eigenvalue weighted by atomic mass is 10.0. The third-order valence-corrected chi connectivity index (χ3v) is 6.82. The Hall–Kier alpha value is -3.36. The number of amides is 2. The van der Waals surface area contributed by atoms with Gasteiger partial charge in [0.15, 0.2) is 5.78 Å². The second kappa shape index (κ2) is 11.6. The van der Waals surface area contributed by atoms with Crippen molar-refractivity contribution in [3.05, 3.63) is 75.7 Å². The normalized spacial score (nSPS) is 17.5. The molecule has 2 heterocycles. The van der Waals surface area contributed by atoms with Gasteiger partial charge in [-0.1, -0.05) is 30.7 Å². The van der Waals surface area contributed by atoms with Crippen molar-refractivity contribution in [2.45, 2.75) is 38.6 Å². The molecule has 9 heteroatoms. The zero-order valence-corrected chi connectivity index (χ0v) is 20.8. The van der Waals surface area contributed by atoms with Crippen LogP contribution in [0.4, 0.5) is 10.1 Å². The van der Waals surface area contributed by atoms with E-state index in [1.807, 2.05) is 0 Å². The number of aliphatic imine (C=N–C) groups is 1. The molecule has 2 aromatic rings. The molecular formula is C27H28ClFN4O3. The first-order valence-electron chi connectivity index (χ1n) is 12.0. The molecule has 1 fully saturated rings. The predicted octanol–water partition coefficient (Wildman–Crippen LogP) is 4.17. The molecule has 0 unspecified atom stereocenters. The van der Waals surface area contributed by atoms with Gasteiger partial charge in [0.2, 0.25) is 0 Å². The third kappa shape index (κ3) is 6.06. The van der Waals surface area contributed by atoms with Gasteiger partial charge in [0.05, 0.1) is 10.6 Å². The van der Waals surface area contributed by atoms with Crippen LogP contribution in [0.2, 0.25) is 5.02 Å². The smallest absolute Gasteiger partial charge is 0.270 e. The van der Waals surface area contributed by atoms with Crippen LogP contribution in [0, 0.1) is 5.82 Å². The van der Waals surface area contributed by atoms with E-state index in [1.54, 1.807) is 30.5 Å². The topological polar surface area (TPSA) is 90.9 Å². The maximum absolute atomic E-state index is 13.2. The first-order valence-corrected chi connectivity index (χ1v) is 12.4. The summed E-state index contributed by atoms with van der Waals surface area (Å²) in [5.74, 6) is -1.47. The molecule has 2 aliphatic rings. The molecule has 2 N–H and O–H groups in total. The summed E-state index contributed by atoms with van der Waals surface area (Å²) in [5, 5.41) is 5.80. The van der Waals surface area contributed by atoms with E-state index in [9.17, 15) is 18.8 Å². The highest BCUT2D eigenvalue weighted by atomic mass is 35.5. The number of nitrogens with one attached hydrogen (secondary N) is 2. The fourth-order valence-corrected chi connectivity index (χ4v) is 4.82. The molecule has 188 valence electrons. The number of likely N-dealkylation sites (tertiary alicyclic amines) is 1. The van der Waals surface area contributed by atoms with Gasteiger partial charge in [-0.25, -0.2) is 4.39 Å². The predicted molar refractivity (Wildman–Crippen MR) is 138 cm³/mol. The van der Waals surface area contributed by atoms with Crippen LogP contribution in [-0.2, 0) is 16.0 Å². The molecule has 0 aliphatic carbocycles. The number of hydrogen-bond acceptors (Lipinski definition) is 5. The van der Waals surface area contributed by atoms with Gasteiger partial charge in [-0.2, -0.15) is 0 Å². The van der Waals surface area contributed by atoms with E-state index in [4.69, 9.17) is 11.6 Å². The summed E-state index contributed by atoms with van der Waals surface area (Å²) >= 11 is 5.98. The first kappa shape index (κ1) is 25.7. The van der Waals surface area contributed by atoms with Crippen LogP contribution in [0.3, 0.4) is 0 Å². The number of anilines is 1. The molecule has 0 spiro atoms. The van der Waals surface area contributed by atoms with E-state index in [0.29, 0.717) is 23.8 Å². The van der Waals surface area contributed by atoms with E-state index < -0.39 is 11.7 Å². The monoisotopic (exact) mass is 510 g/mol. The average molecular weight is 511 g/mol. The maximum Gasteiger partial charge on any atom is 0.270 e. The Morgan fingerprint density at radius 1 is 1.14 bits per heavy atom. The highest BCUT2D eigenvalue weighted by Crippen LogP contribution is 2.22. The number of likely N-dealkylation sites (N-methyl/N-ethyl adjacent to an activating group) is 1. The highest BCUT2D eigenvalue weighted by molar-refractivity contribution is 6.34. The number of ketones is 1. The highest BCUT2D eigenvalue weighted by Gasteiger charge is 2.27. The van der Waals surface area contributed by atoms with Crippen LogP contribution >= 0.6 is 11.6 Å². The number of nitrogens with zero attached hydrogens (tertiary/aromatic N) is 2. The summed E-state index contributed by atoms with van der Waals surface area (Å²) < 4.78 is 13.2. The van der Waals surface area contributed by atoms with E-state index in [1.165, 1.54) is 12.1 Å². The van der Waals surface area contributed by atoms with Crippen LogP contribution in [0.1, 0.15) is 42.1 Å². The van der Waals surface area contributed by atoms with E-state index in [0.717, 1.165) is 37.6 Å². The van der Waals surface area contributed by atoms with Crippen LogP contribution < -0.4 is 10.6 Å². The molecule has 2 aliphatic heterocycles. The summed E-state index contributed by atoms with van der Waals surface area (Å²) in [5.41, 5.74) is 1.96. The Kier molecular flexibility index (Phi) is 8.28. The maximum atomic E-state index is 13.2. The lowest BCUT2D eigenvalue weighted by molar-refractivity contribution is -0.118. The zero-order valence-electron chi connectivity index (χ0n) is 20.0. The molecule has 7 nitrogen and oxygen atoms in total. The molecule has 2 amide bonds. The van der Waals surface area contributed by atoms with Gasteiger partial charge in [0.1, 0.15) is 11.5 Å². The summed E-state index contributed by atoms with van der Waals surface area (Å²) in [4.78, 5) is 44.6. The van der Waals surface area contributed by atoms with Crippen molar-refractivity contribution in [3.8, 4) is 0 Å². The van der Waals surface area contributed by atoms with Gasteiger partial charge in [-0.15, -0.1) is 0 Å². The minimum Gasteiger partial charge on any atom is -0.349 e. The van der Waals surface area contributed by atoms with Crippen molar-refractivity contribution in [3.63, 3.8) is 0 Å². The fourth-order valence-electron chi connectivity index (χ4n) is 4.54. The molecule has 1 saturated heterocycles. The van der Waals surface area contributed by atoms with Crippen LogP contribution in [0.5, 0.6) is 0 Å². The van der Waals surface area contributed by atoms with Crippen molar-refractivity contribution < 1.29 is 18.8 Å². The molecule has 4 rings (SSSR count). The number of halogens is 2. The number of hydrogen-bond donors (Lipinski definition) is 2. The van der Waals surface area contributed by atoms with Crippen molar-refractivity contribution in [1.29, 1.82) is 0 Å². The van der Waals surface area contributed by atoms with E-state index >= 15 is 0 Å². The minimum absolute atomic E-state index is 0.0710. The number of carbonyl (C=O) groups is 3. The Morgan fingerprint density at radius 2 is 1.92 bits per heavy atom. The quantitative estimate of drug-likeness (QED) is 0.495. The lowest BCUT2D eigenvalue weighted by Gasteiger charge is -2.22. The third-order valence-electron chi connectivity index (χ3n) is 6.50. The number of rotatable bonds is 9. The van der Waals surface area contributed by atoms with Crippen LogP contribution in [0.25, 0.3) is 0 Å². The second-order valence-electron chi connectivity index (χ2n) is 8.85. The first-order chi connectivity index (χ1) is 17.4. The Morgan fingerprint density at radius 3 is 2.64 bits per heavy atom. The second-order valence-corrected chi connectivity index (χ2v) is 9.26. The molecule has 0 aromatic heterocycles. The molecule has 1 atom stereocenters. The Labute approximate surface area is 214 Å². The lowest BCUT2D eigenvalue weighted by Crippen LogP contribution is -2.40. The zero-order chi connectivity index (χ0) is 25.7. The van der Waals surface area contributed by atoms with Gasteiger partial charge < -0.3 is 10.6 Å². The molecular weight excluding hydrogens is 483 g/mol. The van der Waals surface area contributed by atoms with E-state index in [2.05, 4.69) is 27.4 Å². The summed E-state index contributed by atoms with van der Waals surface area (Å²) in [6.07, 6.45) is 4.09. The van der Waals surface area contributed by atoms with Gasteiger partial charge >= 0.3 is 0 Å². The summed E-state index contributed by atoms with van der Waals surface area (Å²) in [6, 6.07) is 10.8. The van der Waals surface area contributed by atoms with Crippen molar-refractivity contribution in [2.75, 3.05) is 25.0 Å². The summed E-state index contributed by atoms with van der Waals surface area (Å²) in [6.45, 7) is 4.63. The van der Waals surface area contributed by atoms with Crippen molar-refractivity contribution in [1.82, 2.24) is 10.2 Å². The molecule has 0 radical (unpaired) electrons. The molecule has 0 saturated carbocycles. The minimum atomic E-state index is -0.503. The number of Topliss-reactive ketones (excluding diaryl/α,β-unsaturated/α-hetero) is 1. The Bertz CT molecular complexity index is 1230. The van der Waals surface area contributed by atoms with Crippen LogP contribution in [-0.4, -0.2) is 54.4 Å². The van der Waals surface area contributed by atoms with Crippen molar-refractivity contribution in [2.24, 2.45) is 4.99 Å². The van der Waals surface area contributed by atoms with E-state index in [-0.39, 0.29) is 40.8 Å². The average Bonchev–Trinajstić information content (AvgIpc) is 3.53. The molecule has 2 aromatic carbocycles. The standard InChI is InChI=1S/C27H28ClFN4O3/c1-2-33-13-3-4-20(33)16-31-27(36)25-22(11-12-30-25)26(35)32-19-8-5-17(6-9-19)14-24(34)21-10-7-18(29)15-23(21)28/h5-10,12,15,20H,2-4,11,13-14,16H2,1H3,(H,31,36)(H,32,35)/t20-/m1/s1. The number of benzene rings is 2. The van der Waals surface area contributed by atoms with Gasteiger partial charge in [-0.3, -0.25) is 24.3 Å². The van der Waals surface area contributed by atoms with Gasteiger partial charge in [0, 0.05) is 42.9 Å². The molecule has 36 heavy (non-hydrogen) atoms. The van der Waals surface area contributed by atoms with Crippen LogP contribution in [0.15, 0.2) is 58.7 Å². The summed E-state index contributed by atoms with van der Waals surface area (Å²) in [7, 11) is 0. The fraction of sp³-hybridized carbons (Fsp3) is 0.333. The Balaban J connectivity index is 1.35.